The number of aliphatic carboxylic acids is 1. The number of carbonyl (C=O) groups excluding carboxylic acids is 1. The summed E-state index contributed by atoms with van der Waals surface area (Å²) in [5, 5.41) is 9.25. The van der Waals surface area contributed by atoms with Crippen LogP contribution in [0.5, 0.6) is 0 Å². The molecule has 43 heavy (non-hydrogen) atoms. The molecule has 1 aliphatic carbocycles. The van der Waals surface area contributed by atoms with E-state index in [0.29, 0.717) is 5.56 Å². The summed E-state index contributed by atoms with van der Waals surface area (Å²) in [7, 11) is -4.42. The van der Waals surface area contributed by atoms with Gasteiger partial charge < -0.3 is 10.0 Å². The van der Waals surface area contributed by atoms with Crippen LogP contribution in [0.1, 0.15) is 54.4 Å². The van der Waals surface area contributed by atoms with Gasteiger partial charge in [-0.3, -0.25) is 9.59 Å². The van der Waals surface area contributed by atoms with Gasteiger partial charge in [-0.05, 0) is 74.8 Å². The van der Waals surface area contributed by atoms with Crippen molar-refractivity contribution < 1.29 is 53.8 Å². The van der Waals surface area contributed by atoms with Gasteiger partial charge in [-0.25, -0.2) is 12.8 Å². The second-order valence-corrected chi connectivity index (χ2v) is 13.6. The van der Waals surface area contributed by atoms with Crippen LogP contribution in [0.3, 0.4) is 0 Å². The van der Waals surface area contributed by atoms with Crippen molar-refractivity contribution in [1.82, 2.24) is 4.90 Å². The second kappa shape index (κ2) is 11.1. The van der Waals surface area contributed by atoms with E-state index in [-0.39, 0.29) is 61.2 Å². The zero-order valence-corrected chi connectivity index (χ0v) is 24.0. The Morgan fingerprint density at radius 1 is 0.837 bits per heavy atom. The zero-order chi connectivity index (χ0) is 32.2. The molecule has 4 rings (SSSR count). The average molecular weight is 638 g/mol. The van der Waals surface area contributed by atoms with Crippen molar-refractivity contribution in [2.75, 3.05) is 13.1 Å². The number of rotatable bonds is 6. The third-order valence-electron chi connectivity index (χ3n) is 8.86. The standard InChI is InChI=1S/C29H30F7NO5S/c1-17-3-12-23(15-18(17)2)43(41,42)26(13-14-37(16-26)24(38)19-4-6-20(7-5-19)25(39)40)21-8-10-22(11-9-21)27(30,28(31,32)33)29(34,35)36/h3,8-12,15,19-20H,4-7,13-14,16H2,1-2H3,(H,39,40)/t19?,20?,26-/m0/s1. The van der Waals surface area contributed by atoms with Gasteiger partial charge in [0.2, 0.25) is 5.91 Å². The molecule has 1 heterocycles. The number of hydrogen-bond donors (Lipinski definition) is 1. The van der Waals surface area contributed by atoms with E-state index in [4.69, 9.17) is 0 Å². The summed E-state index contributed by atoms with van der Waals surface area (Å²) in [5.74, 6) is -2.54. The fourth-order valence-electron chi connectivity index (χ4n) is 6.02. The van der Waals surface area contributed by atoms with Crippen molar-refractivity contribution in [2.24, 2.45) is 11.8 Å². The summed E-state index contributed by atoms with van der Waals surface area (Å²) in [6, 6.07) is 6.35. The molecule has 1 atom stereocenters. The van der Waals surface area contributed by atoms with Crippen LogP contribution >= 0.6 is 0 Å². The highest BCUT2D eigenvalue weighted by atomic mass is 32.2. The largest absolute Gasteiger partial charge is 0.481 e. The van der Waals surface area contributed by atoms with Gasteiger partial charge in [0, 0.05) is 24.6 Å². The molecule has 1 saturated heterocycles. The van der Waals surface area contributed by atoms with Crippen LogP contribution in [-0.2, 0) is 29.8 Å². The molecule has 0 radical (unpaired) electrons. The summed E-state index contributed by atoms with van der Waals surface area (Å²) < 4.78 is 121. The smallest absolute Gasteiger partial charge is 0.435 e. The SMILES string of the molecule is Cc1ccc(S(=O)(=O)[C@@]2(c3ccc(C(F)(C(F)(F)F)C(F)(F)F)cc3)CCN(C(=O)C3CCC(C(=O)O)CC3)C2)cc1C. The fraction of sp³-hybridized carbons (Fsp3) is 0.517. The van der Waals surface area contributed by atoms with Gasteiger partial charge in [-0.1, -0.05) is 30.3 Å². The molecular weight excluding hydrogens is 607 g/mol. The highest BCUT2D eigenvalue weighted by molar-refractivity contribution is 7.92. The lowest BCUT2D eigenvalue weighted by atomic mass is 9.81. The van der Waals surface area contributed by atoms with Gasteiger partial charge in [0.25, 0.3) is 0 Å². The van der Waals surface area contributed by atoms with Gasteiger partial charge in [-0.2, -0.15) is 26.3 Å². The first-order chi connectivity index (χ1) is 19.8. The van der Waals surface area contributed by atoms with Gasteiger partial charge in [0.15, 0.2) is 9.84 Å². The van der Waals surface area contributed by atoms with Gasteiger partial charge in [0.1, 0.15) is 4.75 Å². The molecule has 2 aromatic carbocycles. The predicted molar refractivity (Wildman–Crippen MR) is 140 cm³/mol. The third-order valence-corrected chi connectivity index (χ3v) is 11.3. The van der Waals surface area contributed by atoms with E-state index in [1.54, 1.807) is 19.9 Å². The number of hydrogen-bond acceptors (Lipinski definition) is 4. The minimum absolute atomic E-state index is 0.0817. The zero-order valence-electron chi connectivity index (χ0n) is 23.2. The molecule has 14 heteroatoms. The molecule has 0 aromatic heterocycles. The van der Waals surface area contributed by atoms with Gasteiger partial charge in [-0.15, -0.1) is 0 Å². The minimum atomic E-state index is -6.34. The molecule has 1 saturated carbocycles. The molecule has 2 aliphatic rings. The Morgan fingerprint density at radius 2 is 1.37 bits per heavy atom. The molecule has 0 spiro atoms. The molecule has 2 fully saturated rings. The van der Waals surface area contributed by atoms with Crippen molar-refractivity contribution in [3.63, 3.8) is 0 Å². The lowest BCUT2D eigenvalue weighted by Gasteiger charge is -2.33. The van der Waals surface area contributed by atoms with Crippen LogP contribution in [0.15, 0.2) is 47.4 Å². The second-order valence-electron chi connectivity index (χ2n) is 11.4. The topological polar surface area (TPSA) is 91.8 Å². The quantitative estimate of drug-likeness (QED) is 0.371. The Balaban J connectivity index is 1.77. The van der Waals surface area contributed by atoms with Gasteiger partial charge in [0.05, 0.1) is 10.8 Å². The number of carbonyl (C=O) groups is 2. The Labute approximate surface area is 243 Å². The number of halogens is 7. The van der Waals surface area contributed by atoms with Crippen LogP contribution in [0.2, 0.25) is 0 Å². The maximum Gasteiger partial charge on any atom is 0.435 e. The van der Waals surface area contributed by atoms with Crippen LogP contribution in [0.4, 0.5) is 30.7 Å². The highest BCUT2D eigenvalue weighted by Crippen LogP contribution is 2.54. The third kappa shape index (κ3) is 5.51. The lowest BCUT2D eigenvalue weighted by molar-refractivity contribution is -0.348. The normalized spacial score (nSPS) is 23.8. The number of alkyl halides is 7. The number of carboxylic acid groups (broad SMARTS) is 1. The van der Waals surface area contributed by atoms with E-state index in [9.17, 15) is 53.8 Å². The molecule has 0 bridgehead atoms. The fourth-order valence-corrected chi connectivity index (χ4v) is 8.19. The molecule has 236 valence electrons. The van der Waals surface area contributed by atoms with E-state index in [2.05, 4.69) is 0 Å². The minimum Gasteiger partial charge on any atom is -0.481 e. The van der Waals surface area contributed by atoms with Crippen LogP contribution in [0, 0.1) is 25.7 Å². The maximum absolute atomic E-state index is 14.7. The first-order valence-corrected chi connectivity index (χ1v) is 15.0. The number of sulfone groups is 1. The first-order valence-electron chi connectivity index (χ1n) is 13.5. The predicted octanol–water partition coefficient (Wildman–Crippen LogP) is 6.39. The van der Waals surface area contributed by atoms with Crippen molar-refractivity contribution in [3.8, 4) is 0 Å². The van der Waals surface area contributed by atoms with Gasteiger partial charge >= 0.3 is 24.0 Å². The van der Waals surface area contributed by atoms with E-state index in [0.717, 1.165) is 17.7 Å². The number of aryl methyl sites for hydroxylation is 2. The van der Waals surface area contributed by atoms with Crippen LogP contribution < -0.4 is 0 Å². The summed E-state index contributed by atoms with van der Waals surface area (Å²) in [4.78, 5) is 25.9. The number of amides is 1. The highest BCUT2D eigenvalue weighted by Gasteiger charge is 2.73. The lowest BCUT2D eigenvalue weighted by Crippen LogP contribution is -2.50. The Bertz CT molecular complexity index is 1480. The van der Waals surface area contributed by atoms with E-state index in [1.165, 1.54) is 17.0 Å². The van der Waals surface area contributed by atoms with E-state index >= 15 is 0 Å². The summed E-state index contributed by atoms with van der Waals surface area (Å²) in [6.07, 6.45) is -11.8. The van der Waals surface area contributed by atoms with Crippen LogP contribution in [-0.4, -0.2) is 55.7 Å². The monoisotopic (exact) mass is 637 g/mol. The number of nitrogens with zero attached hydrogens (tertiary/aromatic N) is 1. The Kier molecular flexibility index (Phi) is 8.44. The Morgan fingerprint density at radius 3 is 1.86 bits per heavy atom. The molecule has 2 aromatic rings. The average Bonchev–Trinajstić information content (AvgIpc) is 3.40. The van der Waals surface area contributed by atoms with Crippen molar-refractivity contribution in [2.45, 2.75) is 73.6 Å². The van der Waals surface area contributed by atoms with Crippen molar-refractivity contribution in [3.05, 3.63) is 64.7 Å². The molecule has 6 nitrogen and oxygen atoms in total. The summed E-state index contributed by atoms with van der Waals surface area (Å²) in [6.45, 7) is 2.89. The number of carboxylic acids is 1. The Hall–Kier alpha value is -3.16. The summed E-state index contributed by atoms with van der Waals surface area (Å²) >= 11 is 0. The first kappa shape index (κ1) is 32.7. The molecular formula is C29H30F7NO5S. The number of likely N-dealkylation sites (tertiary alicyclic amines) is 1. The van der Waals surface area contributed by atoms with E-state index < -0.39 is 68.4 Å². The molecule has 1 N–H and O–H groups in total. The molecule has 1 amide bonds. The maximum atomic E-state index is 14.7. The molecule has 0 unspecified atom stereocenters. The number of benzene rings is 2. The summed E-state index contributed by atoms with van der Waals surface area (Å²) in [5.41, 5.74) is -6.24. The molecule has 1 aliphatic heterocycles. The van der Waals surface area contributed by atoms with E-state index in [1.807, 2.05) is 0 Å². The van der Waals surface area contributed by atoms with Crippen LogP contribution in [0.25, 0.3) is 0 Å². The van der Waals surface area contributed by atoms with Crippen molar-refractivity contribution >= 4 is 21.7 Å². The van der Waals surface area contributed by atoms with Crippen molar-refractivity contribution in [1.29, 1.82) is 0 Å².